The van der Waals surface area contributed by atoms with Crippen LogP contribution >= 0.6 is 0 Å². The van der Waals surface area contributed by atoms with E-state index < -0.39 is 0 Å². The predicted molar refractivity (Wildman–Crippen MR) is 70.4 cm³/mol. The number of nitrogens with zero attached hydrogens (tertiary/aromatic N) is 3. The Morgan fingerprint density at radius 1 is 1.35 bits per heavy atom. The SMILES string of the molecule is CCN(CCCO)c1cc(C)nc(C(C)C)n1. The number of aromatic nitrogens is 2. The summed E-state index contributed by atoms with van der Waals surface area (Å²) in [6.07, 6.45) is 0.772. The Hall–Kier alpha value is -1.16. The highest BCUT2D eigenvalue weighted by atomic mass is 16.3. The fraction of sp³-hybridized carbons (Fsp3) is 0.692. The van der Waals surface area contributed by atoms with E-state index in [0.717, 1.165) is 36.8 Å². The van der Waals surface area contributed by atoms with Crippen molar-refractivity contribution in [3.05, 3.63) is 17.6 Å². The van der Waals surface area contributed by atoms with Gasteiger partial charge in [0, 0.05) is 37.4 Å². The topological polar surface area (TPSA) is 49.2 Å². The Morgan fingerprint density at radius 2 is 2.06 bits per heavy atom. The van der Waals surface area contributed by atoms with Crippen LogP contribution in [-0.4, -0.2) is 34.8 Å². The van der Waals surface area contributed by atoms with E-state index in [9.17, 15) is 0 Å². The number of aryl methyl sites for hydroxylation is 1. The van der Waals surface area contributed by atoms with E-state index in [1.165, 1.54) is 0 Å². The molecule has 0 aromatic carbocycles. The molecule has 0 radical (unpaired) electrons. The third-order valence-corrected chi connectivity index (χ3v) is 2.67. The van der Waals surface area contributed by atoms with Crippen molar-refractivity contribution in [2.24, 2.45) is 0 Å². The molecule has 17 heavy (non-hydrogen) atoms. The van der Waals surface area contributed by atoms with Crippen LogP contribution in [0.1, 0.15) is 44.6 Å². The zero-order valence-electron chi connectivity index (χ0n) is 11.3. The molecule has 0 amide bonds. The number of anilines is 1. The Bertz CT molecular complexity index is 353. The largest absolute Gasteiger partial charge is 0.396 e. The van der Waals surface area contributed by atoms with E-state index in [-0.39, 0.29) is 6.61 Å². The monoisotopic (exact) mass is 237 g/mol. The van der Waals surface area contributed by atoms with Crippen molar-refractivity contribution < 1.29 is 5.11 Å². The predicted octanol–water partition coefficient (Wildman–Crippen LogP) is 2.12. The minimum atomic E-state index is 0.220. The Kier molecular flexibility index (Phi) is 5.35. The average Bonchev–Trinajstić information content (AvgIpc) is 2.29. The minimum absolute atomic E-state index is 0.220. The number of aliphatic hydroxyl groups excluding tert-OH is 1. The van der Waals surface area contributed by atoms with Crippen molar-refractivity contribution in [3.63, 3.8) is 0 Å². The maximum absolute atomic E-state index is 8.90. The van der Waals surface area contributed by atoms with Crippen LogP contribution in [0.25, 0.3) is 0 Å². The van der Waals surface area contributed by atoms with Crippen molar-refractivity contribution in [1.82, 2.24) is 9.97 Å². The van der Waals surface area contributed by atoms with E-state index >= 15 is 0 Å². The van der Waals surface area contributed by atoms with E-state index in [4.69, 9.17) is 5.11 Å². The molecule has 4 nitrogen and oxygen atoms in total. The first kappa shape index (κ1) is 13.9. The van der Waals surface area contributed by atoms with Gasteiger partial charge in [0.2, 0.25) is 0 Å². The number of hydrogen-bond acceptors (Lipinski definition) is 4. The van der Waals surface area contributed by atoms with Crippen molar-refractivity contribution in [3.8, 4) is 0 Å². The lowest BCUT2D eigenvalue weighted by molar-refractivity contribution is 0.289. The van der Waals surface area contributed by atoms with Crippen LogP contribution < -0.4 is 4.90 Å². The summed E-state index contributed by atoms with van der Waals surface area (Å²) in [6, 6.07) is 2.01. The fourth-order valence-electron chi connectivity index (χ4n) is 1.69. The second-order valence-electron chi connectivity index (χ2n) is 4.54. The first-order chi connectivity index (χ1) is 8.08. The molecule has 0 aliphatic heterocycles. The van der Waals surface area contributed by atoms with Gasteiger partial charge in [0.25, 0.3) is 0 Å². The summed E-state index contributed by atoms with van der Waals surface area (Å²) in [6.45, 7) is 10.2. The maximum Gasteiger partial charge on any atom is 0.133 e. The molecule has 0 bridgehead atoms. The van der Waals surface area contributed by atoms with Crippen molar-refractivity contribution in [2.45, 2.75) is 40.0 Å². The molecule has 0 aliphatic rings. The van der Waals surface area contributed by atoms with Gasteiger partial charge < -0.3 is 10.0 Å². The van der Waals surface area contributed by atoms with Crippen LogP contribution in [0, 0.1) is 6.92 Å². The van der Waals surface area contributed by atoms with Crippen LogP contribution in [0.5, 0.6) is 0 Å². The van der Waals surface area contributed by atoms with Gasteiger partial charge in [-0.1, -0.05) is 13.8 Å². The van der Waals surface area contributed by atoms with Crippen LogP contribution in [-0.2, 0) is 0 Å². The first-order valence-electron chi connectivity index (χ1n) is 6.29. The molecule has 0 spiro atoms. The molecule has 0 saturated carbocycles. The van der Waals surface area contributed by atoms with Gasteiger partial charge in [0.05, 0.1) is 0 Å². The van der Waals surface area contributed by atoms with Gasteiger partial charge in [0.1, 0.15) is 11.6 Å². The Balaban J connectivity index is 2.94. The molecule has 96 valence electrons. The third-order valence-electron chi connectivity index (χ3n) is 2.67. The highest BCUT2D eigenvalue weighted by Gasteiger charge is 2.10. The summed E-state index contributed by atoms with van der Waals surface area (Å²) in [5, 5.41) is 8.90. The molecule has 1 aromatic rings. The van der Waals surface area contributed by atoms with Gasteiger partial charge in [-0.25, -0.2) is 9.97 Å². The molecule has 1 heterocycles. The number of aliphatic hydroxyl groups is 1. The van der Waals surface area contributed by atoms with Crippen molar-refractivity contribution >= 4 is 5.82 Å². The third kappa shape index (κ3) is 3.97. The van der Waals surface area contributed by atoms with E-state index in [1.54, 1.807) is 0 Å². The first-order valence-corrected chi connectivity index (χ1v) is 6.29. The van der Waals surface area contributed by atoms with Gasteiger partial charge in [-0.3, -0.25) is 0 Å². The molecule has 0 fully saturated rings. The lowest BCUT2D eigenvalue weighted by Crippen LogP contribution is -2.26. The van der Waals surface area contributed by atoms with Crippen LogP contribution in [0.2, 0.25) is 0 Å². The molecule has 1 N–H and O–H groups in total. The minimum Gasteiger partial charge on any atom is -0.396 e. The molecule has 1 rings (SSSR count). The van der Waals surface area contributed by atoms with Crippen LogP contribution in [0.3, 0.4) is 0 Å². The molecule has 1 aromatic heterocycles. The zero-order chi connectivity index (χ0) is 12.8. The number of rotatable bonds is 6. The van der Waals surface area contributed by atoms with E-state index in [2.05, 4.69) is 35.6 Å². The smallest absolute Gasteiger partial charge is 0.133 e. The van der Waals surface area contributed by atoms with Crippen LogP contribution in [0.15, 0.2) is 6.07 Å². The molecule has 4 heteroatoms. The van der Waals surface area contributed by atoms with Crippen molar-refractivity contribution in [1.29, 1.82) is 0 Å². The molecule has 0 unspecified atom stereocenters. The lowest BCUT2D eigenvalue weighted by Gasteiger charge is -2.22. The Morgan fingerprint density at radius 3 is 2.59 bits per heavy atom. The summed E-state index contributed by atoms with van der Waals surface area (Å²) < 4.78 is 0. The highest BCUT2D eigenvalue weighted by Crippen LogP contribution is 2.17. The highest BCUT2D eigenvalue weighted by molar-refractivity contribution is 5.39. The summed E-state index contributed by atoms with van der Waals surface area (Å²) in [5.41, 5.74) is 1.00. The average molecular weight is 237 g/mol. The van der Waals surface area contributed by atoms with Gasteiger partial charge in [-0.15, -0.1) is 0 Å². The molecular formula is C13H23N3O. The van der Waals surface area contributed by atoms with Gasteiger partial charge in [-0.05, 0) is 20.3 Å². The van der Waals surface area contributed by atoms with E-state index in [1.807, 2.05) is 13.0 Å². The van der Waals surface area contributed by atoms with Gasteiger partial charge in [-0.2, -0.15) is 0 Å². The Labute approximate surface area is 104 Å². The second-order valence-corrected chi connectivity index (χ2v) is 4.54. The normalized spacial score (nSPS) is 10.9. The van der Waals surface area contributed by atoms with Crippen molar-refractivity contribution in [2.75, 3.05) is 24.6 Å². The van der Waals surface area contributed by atoms with E-state index in [0.29, 0.717) is 5.92 Å². The molecular weight excluding hydrogens is 214 g/mol. The van der Waals surface area contributed by atoms with Crippen LogP contribution in [0.4, 0.5) is 5.82 Å². The van der Waals surface area contributed by atoms with Gasteiger partial charge >= 0.3 is 0 Å². The maximum atomic E-state index is 8.90. The summed E-state index contributed by atoms with van der Waals surface area (Å²) in [4.78, 5) is 11.2. The molecule has 0 atom stereocenters. The fourth-order valence-corrected chi connectivity index (χ4v) is 1.69. The summed E-state index contributed by atoms with van der Waals surface area (Å²) >= 11 is 0. The molecule has 0 saturated heterocycles. The summed E-state index contributed by atoms with van der Waals surface area (Å²) in [5.74, 6) is 2.20. The van der Waals surface area contributed by atoms with Gasteiger partial charge in [0.15, 0.2) is 0 Å². The zero-order valence-corrected chi connectivity index (χ0v) is 11.3. The quantitative estimate of drug-likeness (QED) is 0.823. The lowest BCUT2D eigenvalue weighted by atomic mass is 10.2. The second kappa shape index (κ2) is 6.55. The summed E-state index contributed by atoms with van der Waals surface area (Å²) in [7, 11) is 0. The number of hydrogen-bond donors (Lipinski definition) is 1. The standard InChI is InChI=1S/C13H23N3O/c1-5-16(7-6-8-17)12-9-11(4)14-13(15-12)10(2)3/h9-10,17H,5-8H2,1-4H3. The molecule has 0 aliphatic carbocycles.